The van der Waals surface area contributed by atoms with Crippen LogP contribution in [0.5, 0.6) is 5.75 Å². The molecule has 0 fully saturated rings. The average Bonchev–Trinajstić information content (AvgIpc) is 2.60. The summed E-state index contributed by atoms with van der Waals surface area (Å²) in [6.07, 6.45) is 1.70. The summed E-state index contributed by atoms with van der Waals surface area (Å²) in [4.78, 5) is 30.2. The van der Waals surface area contributed by atoms with Crippen molar-refractivity contribution in [1.29, 1.82) is 0 Å². The SMILES string of the molecule is CCCCOC(=O)c1cc(=O)[nH]c(NCc2ccc(OC)cc2)n1. The Bertz CT molecular complexity index is 725. The van der Waals surface area contributed by atoms with Crippen LogP contribution in [0.2, 0.25) is 0 Å². The minimum Gasteiger partial charge on any atom is -0.497 e. The van der Waals surface area contributed by atoms with E-state index < -0.39 is 11.5 Å². The van der Waals surface area contributed by atoms with Gasteiger partial charge in [0.2, 0.25) is 5.95 Å². The number of esters is 1. The Kier molecular flexibility index (Phi) is 6.36. The summed E-state index contributed by atoms with van der Waals surface area (Å²) in [6.45, 7) is 2.76. The number of methoxy groups -OCH3 is 1. The Morgan fingerprint density at radius 3 is 2.71 bits per heavy atom. The van der Waals surface area contributed by atoms with Gasteiger partial charge >= 0.3 is 5.97 Å². The summed E-state index contributed by atoms with van der Waals surface area (Å²) >= 11 is 0. The smallest absolute Gasteiger partial charge is 0.357 e. The fraction of sp³-hybridized carbons (Fsp3) is 0.353. The molecule has 0 saturated carbocycles. The average molecular weight is 331 g/mol. The van der Waals surface area contributed by atoms with Gasteiger partial charge < -0.3 is 14.8 Å². The number of ether oxygens (including phenoxy) is 2. The second-order valence-electron chi connectivity index (χ2n) is 5.17. The van der Waals surface area contributed by atoms with Gasteiger partial charge in [-0.25, -0.2) is 9.78 Å². The second kappa shape index (κ2) is 8.71. The van der Waals surface area contributed by atoms with Crippen molar-refractivity contribution in [2.45, 2.75) is 26.3 Å². The van der Waals surface area contributed by atoms with Crippen LogP contribution in [0.1, 0.15) is 35.8 Å². The number of anilines is 1. The molecule has 0 unspecified atom stereocenters. The molecule has 7 nitrogen and oxygen atoms in total. The van der Waals surface area contributed by atoms with Gasteiger partial charge in [-0.05, 0) is 24.1 Å². The number of hydrogen-bond acceptors (Lipinski definition) is 6. The van der Waals surface area contributed by atoms with Gasteiger partial charge in [0, 0.05) is 12.6 Å². The first kappa shape index (κ1) is 17.5. The Balaban J connectivity index is 2.01. The molecule has 2 N–H and O–H groups in total. The van der Waals surface area contributed by atoms with Crippen molar-refractivity contribution in [2.24, 2.45) is 0 Å². The van der Waals surface area contributed by atoms with Gasteiger partial charge in [0.1, 0.15) is 5.75 Å². The number of aromatic nitrogens is 2. The monoisotopic (exact) mass is 331 g/mol. The maximum absolute atomic E-state index is 11.9. The van der Waals surface area contributed by atoms with Crippen LogP contribution in [0, 0.1) is 0 Å². The predicted octanol–water partition coefficient (Wildman–Crippen LogP) is 2.35. The fourth-order valence-electron chi connectivity index (χ4n) is 1.96. The maximum Gasteiger partial charge on any atom is 0.357 e. The Morgan fingerprint density at radius 1 is 1.29 bits per heavy atom. The van der Waals surface area contributed by atoms with Gasteiger partial charge in [-0.3, -0.25) is 9.78 Å². The predicted molar refractivity (Wildman–Crippen MR) is 90.4 cm³/mol. The van der Waals surface area contributed by atoms with Crippen molar-refractivity contribution in [1.82, 2.24) is 9.97 Å². The van der Waals surface area contributed by atoms with Crippen LogP contribution in [-0.2, 0) is 11.3 Å². The van der Waals surface area contributed by atoms with Crippen molar-refractivity contribution in [2.75, 3.05) is 19.0 Å². The molecule has 0 aliphatic heterocycles. The molecule has 0 saturated heterocycles. The summed E-state index contributed by atoms with van der Waals surface area (Å²) in [5.74, 6) is 0.393. The van der Waals surface area contributed by atoms with Crippen LogP contribution in [0.3, 0.4) is 0 Å². The molecule has 128 valence electrons. The lowest BCUT2D eigenvalue weighted by molar-refractivity contribution is 0.0492. The van der Waals surface area contributed by atoms with Crippen LogP contribution in [0.25, 0.3) is 0 Å². The van der Waals surface area contributed by atoms with Gasteiger partial charge in [0.15, 0.2) is 5.69 Å². The molecule has 0 spiro atoms. The number of hydrogen-bond donors (Lipinski definition) is 2. The summed E-state index contributed by atoms with van der Waals surface area (Å²) in [5, 5.41) is 2.99. The van der Waals surface area contributed by atoms with Crippen LogP contribution in [0.4, 0.5) is 5.95 Å². The molecule has 7 heteroatoms. The standard InChI is InChI=1S/C17H21N3O4/c1-3-4-9-24-16(22)14-10-15(21)20-17(19-14)18-11-12-5-7-13(23-2)8-6-12/h5-8,10H,3-4,9,11H2,1-2H3,(H2,18,19,20,21). The molecule has 1 heterocycles. The first-order valence-electron chi connectivity index (χ1n) is 7.77. The second-order valence-corrected chi connectivity index (χ2v) is 5.17. The van der Waals surface area contributed by atoms with Crippen molar-refractivity contribution in [3.63, 3.8) is 0 Å². The van der Waals surface area contributed by atoms with Gasteiger partial charge in [0.25, 0.3) is 5.56 Å². The van der Waals surface area contributed by atoms with E-state index in [1.54, 1.807) is 7.11 Å². The molecule has 0 aliphatic rings. The molecule has 0 atom stereocenters. The number of nitrogens with one attached hydrogen (secondary N) is 2. The van der Waals surface area contributed by atoms with E-state index in [1.807, 2.05) is 31.2 Å². The highest BCUT2D eigenvalue weighted by molar-refractivity contribution is 5.87. The van der Waals surface area contributed by atoms with E-state index in [1.165, 1.54) is 0 Å². The fourth-order valence-corrected chi connectivity index (χ4v) is 1.96. The molecule has 24 heavy (non-hydrogen) atoms. The molecule has 1 aromatic heterocycles. The van der Waals surface area contributed by atoms with Crippen molar-refractivity contribution in [3.05, 3.63) is 51.9 Å². The van der Waals surface area contributed by atoms with Crippen LogP contribution in [-0.4, -0.2) is 29.7 Å². The lowest BCUT2D eigenvalue weighted by Crippen LogP contribution is -2.18. The van der Waals surface area contributed by atoms with Gasteiger partial charge in [0.05, 0.1) is 13.7 Å². The van der Waals surface area contributed by atoms with E-state index >= 15 is 0 Å². The summed E-state index contributed by atoms with van der Waals surface area (Å²) in [6, 6.07) is 8.61. The maximum atomic E-state index is 11.9. The van der Waals surface area contributed by atoms with Gasteiger partial charge in [-0.15, -0.1) is 0 Å². The molecule has 0 radical (unpaired) electrons. The highest BCUT2D eigenvalue weighted by atomic mass is 16.5. The van der Waals surface area contributed by atoms with Crippen molar-refractivity contribution in [3.8, 4) is 5.75 Å². The minimum absolute atomic E-state index is 0.00733. The van der Waals surface area contributed by atoms with E-state index in [0.29, 0.717) is 13.2 Å². The first-order valence-corrected chi connectivity index (χ1v) is 7.77. The summed E-state index contributed by atoms with van der Waals surface area (Å²) in [7, 11) is 1.60. The third-order valence-corrected chi connectivity index (χ3v) is 3.30. The van der Waals surface area contributed by atoms with E-state index in [-0.39, 0.29) is 11.6 Å². The number of H-pyrrole nitrogens is 1. The molecule has 0 aliphatic carbocycles. The van der Waals surface area contributed by atoms with Crippen LogP contribution < -0.4 is 15.6 Å². The summed E-state index contributed by atoms with van der Waals surface area (Å²) in [5.41, 5.74) is 0.561. The quantitative estimate of drug-likeness (QED) is 0.570. The number of aromatic amines is 1. The molecule has 0 amide bonds. The van der Waals surface area contributed by atoms with E-state index in [4.69, 9.17) is 9.47 Å². The van der Waals surface area contributed by atoms with Gasteiger partial charge in [-0.1, -0.05) is 25.5 Å². The topological polar surface area (TPSA) is 93.3 Å². The van der Waals surface area contributed by atoms with Crippen molar-refractivity contribution >= 4 is 11.9 Å². The molecular formula is C17H21N3O4. The zero-order valence-corrected chi connectivity index (χ0v) is 13.8. The Hall–Kier alpha value is -2.83. The molecule has 0 bridgehead atoms. The largest absolute Gasteiger partial charge is 0.497 e. The Labute approximate surface area is 140 Å². The molecule has 2 aromatic rings. The lowest BCUT2D eigenvalue weighted by atomic mass is 10.2. The van der Waals surface area contributed by atoms with Crippen molar-refractivity contribution < 1.29 is 14.3 Å². The van der Waals surface area contributed by atoms with Crippen LogP contribution >= 0.6 is 0 Å². The Morgan fingerprint density at radius 2 is 2.04 bits per heavy atom. The summed E-state index contributed by atoms with van der Waals surface area (Å²) < 4.78 is 10.2. The van der Waals surface area contributed by atoms with E-state index in [2.05, 4.69) is 15.3 Å². The lowest BCUT2D eigenvalue weighted by Gasteiger charge is -2.08. The number of benzene rings is 1. The number of rotatable bonds is 8. The molecule has 2 rings (SSSR count). The number of nitrogens with zero attached hydrogens (tertiary/aromatic N) is 1. The molecule has 1 aromatic carbocycles. The highest BCUT2D eigenvalue weighted by Crippen LogP contribution is 2.12. The number of carbonyl (C=O) groups excluding carboxylic acids is 1. The van der Waals surface area contributed by atoms with Crippen LogP contribution in [0.15, 0.2) is 35.1 Å². The van der Waals surface area contributed by atoms with Gasteiger partial charge in [-0.2, -0.15) is 0 Å². The minimum atomic E-state index is -0.595. The third kappa shape index (κ3) is 5.12. The number of carbonyl (C=O) groups is 1. The first-order chi connectivity index (χ1) is 11.6. The zero-order chi connectivity index (χ0) is 17.4. The molecular weight excluding hydrogens is 310 g/mol. The highest BCUT2D eigenvalue weighted by Gasteiger charge is 2.11. The number of unbranched alkanes of at least 4 members (excludes halogenated alkanes) is 1. The normalized spacial score (nSPS) is 10.2. The van der Waals surface area contributed by atoms with E-state index in [0.717, 1.165) is 30.2 Å². The van der Waals surface area contributed by atoms with E-state index in [9.17, 15) is 9.59 Å². The third-order valence-electron chi connectivity index (χ3n) is 3.30. The zero-order valence-electron chi connectivity index (χ0n) is 13.8.